The summed E-state index contributed by atoms with van der Waals surface area (Å²) in [6.45, 7) is 10.4. The molecule has 0 aliphatic carbocycles. The molecule has 1 atom stereocenters. The van der Waals surface area contributed by atoms with Crippen molar-refractivity contribution in [2.24, 2.45) is 5.73 Å². The molecule has 3 N–H and O–H groups in total. The second-order valence-electron chi connectivity index (χ2n) is 6.72. The van der Waals surface area contributed by atoms with Crippen molar-refractivity contribution < 1.29 is 23.9 Å². The number of carbonyl (C=O) groups excluding carboxylic acids is 3. The Labute approximate surface area is 125 Å². The normalized spacial score (nSPS) is 13.2. The molecule has 0 aliphatic rings. The highest BCUT2D eigenvalue weighted by Crippen LogP contribution is 2.13. The molecule has 0 rings (SSSR count). The van der Waals surface area contributed by atoms with Gasteiger partial charge in [0.2, 0.25) is 0 Å². The van der Waals surface area contributed by atoms with Crippen molar-refractivity contribution in [2.45, 2.75) is 71.6 Å². The number of urea groups is 1. The van der Waals surface area contributed by atoms with Crippen molar-refractivity contribution in [3.8, 4) is 0 Å². The molecule has 7 nitrogen and oxygen atoms in total. The lowest BCUT2D eigenvalue weighted by molar-refractivity contribution is -0.158. The molecule has 0 heterocycles. The van der Waals surface area contributed by atoms with Crippen LogP contribution >= 0.6 is 0 Å². The van der Waals surface area contributed by atoms with Gasteiger partial charge in [-0.15, -0.1) is 0 Å². The average Bonchev–Trinajstić information content (AvgIpc) is 2.18. The molecule has 0 radical (unpaired) electrons. The van der Waals surface area contributed by atoms with Crippen molar-refractivity contribution in [3.63, 3.8) is 0 Å². The predicted octanol–water partition coefficient (Wildman–Crippen LogP) is 1.49. The maximum absolute atomic E-state index is 11.9. The van der Waals surface area contributed by atoms with E-state index in [2.05, 4.69) is 5.32 Å². The fraction of sp³-hybridized carbons (Fsp3) is 0.786. The zero-order valence-corrected chi connectivity index (χ0v) is 13.6. The van der Waals surface area contributed by atoms with Gasteiger partial charge < -0.3 is 20.5 Å². The fourth-order valence-corrected chi connectivity index (χ4v) is 1.45. The Kier molecular flexibility index (Phi) is 6.66. The Morgan fingerprint density at radius 3 is 1.86 bits per heavy atom. The van der Waals surface area contributed by atoms with Gasteiger partial charge in [-0.05, 0) is 48.0 Å². The van der Waals surface area contributed by atoms with Crippen LogP contribution in [0.3, 0.4) is 0 Å². The third kappa shape index (κ3) is 10.6. The molecule has 0 aliphatic heterocycles. The van der Waals surface area contributed by atoms with Gasteiger partial charge in [0.25, 0.3) is 0 Å². The average molecular weight is 302 g/mol. The summed E-state index contributed by atoms with van der Waals surface area (Å²) in [5.41, 5.74) is 3.73. The number of hydrogen-bond donors (Lipinski definition) is 2. The van der Waals surface area contributed by atoms with Crippen LogP contribution in [0.2, 0.25) is 0 Å². The van der Waals surface area contributed by atoms with E-state index >= 15 is 0 Å². The van der Waals surface area contributed by atoms with E-state index in [0.29, 0.717) is 0 Å². The van der Waals surface area contributed by atoms with Gasteiger partial charge in [-0.25, -0.2) is 9.59 Å². The Morgan fingerprint density at radius 2 is 1.48 bits per heavy atom. The number of esters is 2. The largest absolute Gasteiger partial charge is 0.460 e. The molecule has 2 amide bonds. The van der Waals surface area contributed by atoms with Crippen molar-refractivity contribution in [1.29, 1.82) is 0 Å². The summed E-state index contributed by atoms with van der Waals surface area (Å²) >= 11 is 0. The third-order valence-corrected chi connectivity index (χ3v) is 2.06. The van der Waals surface area contributed by atoms with Crippen LogP contribution in [-0.2, 0) is 19.1 Å². The Bertz CT molecular complexity index is 393. The SMILES string of the molecule is CC(C)(C)OC(=O)CCC(NC(N)=O)C(=O)OC(C)(C)C. The van der Waals surface area contributed by atoms with Crippen molar-refractivity contribution in [3.05, 3.63) is 0 Å². The summed E-state index contributed by atoms with van der Waals surface area (Å²) in [6.07, 6.45) is 0.0359. The van der Waals surface area contributed by atoms with Crippen molar-refractivity contribution in [2.75, 3.05) is 0 Å². The molecule has 0 aromatic heterocycles. The summed E-state index contributed by atoms with van der Waals surface area (Å²) in [5.74, 6) is -1.09. The highest BCUT2D eigenvalue weighted by atomic mass is 16.6. The summed E-state index contributed by atoms with van der Waals surface area (Å²) < 4.78 is 10.3. The van der Waals surface area contributed by atoms with E-state index in [1.807, 2.05) is 0 Å². The van der Waals surface area contributed by atoms with Crippen LogP contribution in [0.5, 0.6) is 0 Å². The lowest BCUT2D eigenvalue weighted by atomic mass is 10.1. The van der Waals surface area contributed by atoms with Crippen LogP contribution in [0.1, 0.15) is 54.4 Å². The number of amides is 2. The molecule has 0 bridgehead atoms. The maximum atomic E-state index is 11.9. The highest BCUT2D eigenvalue weighted by molar-refractivity contribution is 5.83. The van der Waals surface area contributed by atoms with Gasteiger partial charge in [0.15, 0.2) is 0 Å². The predicted molar refractivity (Wildman–Crippen MR) is 77.4 cm³/mol. The van der Waals surface area contributed by atoms with E-state index < -0.39 is 35.2 Å². The standard InChI is InChI=1S/C14H26N2O5/c1-13(2,3)20-10(17)8-7-9(16-12(15)19)11(18)21-14(4,5)6/h9H,7-8H2,1-6H3,(H3,15,16,19). The van der Waals surface area contributed by atoms with Crippen LogP contribution in [0.4, 0.5) is 4.79 Å². The minimum Gasteiger partial charge on any atom is -0.460 e. The van der Waals surface area contributed by atoms with Crippen LogP contribution in [0.15, 0.2) is 0 Å². The lowest BCUT2D eigenvalue weighted by Crippen LogP contribution is -2.46. The molecule has 7 heteroatoms. The number of nitrogens with one attached hydrogen (secondary N) is 1. The van der Waals surface area contributed by atoms with Crippen LogP contribution in [-0.4, -0.2) is 35.2 Å². The van der Waals surface area contributed by atoms with E-state index in [9.17, 15) is 14.4 Å². The van der Waals surface area contributed by atoms with Crippen molar-refractivity contribution >= 4 is 18.0 Å². The van der Waals surface area contributed by atoms with Crippen LogP contribution in [0, 0.1) is 0 Å². The second kappa shape index (κ2) is 7.28. The first kappa shape index (κ1) is 19.2. The summed E-state index contributed by atoms with van der Waals surface area (Å²) in [6, 6.07) is -1.83. The molecule has 1 unspecified atom stereocenters. The second-order valence-corrected chi connectivity index (χ2v) is 6.72. The first-order chi connectivity index (χ1) is 9.30. The molecular formula is C14H26N2O5. The third-order valence-electron chi connectivity index (χ3n) is 2.06. The Morgan fingerprint density at radius 1 is 1.00 bits per heavy atom. The van der Waals surface area contributed by atoms with Crippen molar-refractivity contribution in [1.82, 2.24) is 5.32 Å². The molecule has 0 fully saturated rings. The topological polar surface area (TPSA) is 108 Å². The summed E-state index contributed by atoms with van der Waals surface area (Å²) in [4.78, 5) is 34.5. The van der Waals surface area contributed by atoms with Gasteiger partial charge in [0, 0.05) is 6.42 Å². The minimum absolute atomic E-state index is 0.0263. The molecular weight excluding hydrogens is 276 g/mol. The molecule has 0 saturated carbocycles. The fourth-order valence-electron chi connectivity index (χ4n) is 1.45. The highest BCUT2D eigenvalue weighted by Gasteiger charge is 2.27. The minimum atomic E-state index is -0.978. The zero-order valence-electron chi connectivity index (χ0n) is 13.6. The Balaban J connectivity index is 4.60. The smallest absolute Gasteiger partial charge is 0.329 e. The molecule has 0 spiro atoms. The van der Waals surface area contributed by atoms with Crippen LogP contribution in [0.25, 0.3) is 0 Å². The van der Waals surface area contributed by atoms with Gasteiger partial charge in [-0.2, -0.15) is 0 Å². The summed E-state index contributed by atoms with van der Waals surface area (Å²) in [7, 11) is 0. The van der Waals surface area contributed by atoms with Gasteiger partial charge in [0.1, 0.15) is 17.2 Å². The van der Waals surface area contributed by atoms with Crippen LogP contribution < -0.4 is 11.1 Å². The molecule has 122 valence electrons. The van der Waals surface area contributed by atoms with E-state index in [1.165, 1.54) is 0 Å². The molecule has 0 aromatic rings. The van der Waals surface area contributed by atoms with Gasteiger partial charge in [-0.1, -0.05) is 0 Å². The zero-order chi connectivity index (χ0) is 16.8. The number of nitrogens with two attached hydrogens (primary N) is 1. The molecule has 0 saturated heterocycles. The quantitative estimate of drug-likeness (QED) is 0.748. The summed E-state index contributed by atoms with van der Waals surface area (Å²) in [5, 5.41) is 2.28. The van der Waals surface area contributed by atoms with Gasteiger partial charge in [-0.3, -0.25) is 4.79 Å². The first-order valence-electron chi connectivity index (χ1n) is 6.81. The molecule has 21 heavy (non-hydrogen) atoms. The van der Waals surface area contributed by atoms with E-state index in [1.54, 1.807) is 41.5 Å². The number of rotatable bonds is 5. The first-order valence-corrected chi connectivity index (χ1v) is 6.81. The van der Waals surface area contributed by atoms with E-state index in [-0.39, 0.29) is 12.8 Å². The number of carbonyl (C=O) groups is 3. The number of hydrogen-bond acceptors (Lipinski definition) is 5. The lowest BCUT2D eigenvalue weighted by Gasteiger charge is -2.24. The Hall–Kier alpha value is -1.79. The number of primary amides is 1. The van der Waals surface area contributed by atoms with E-state index in [4.69, 9.17) is 15.2 Å². The molecule has 0 aromatic carbocycles. The number of ether oxygens (including phenoxy) is 2. The maximum Gasteiger partial charge on any atom is 0.329 e. The van der Waals surface area contributed by atoms with Gasteiger partial charge >= 0.3 is 18.0 Å². The van der Waals surface area contributed by atoms with E-state index in [0.717, 1.165) is 0 Å². The van der Waals surface area contributed by atoms with Gasteiger partial charge in [0.05, 0.1) is 0 Å². The monoisotopic (exact) mass is 302 g/mol.